The molecular weight excluding hydrogens is 414 g/mol. The summed E-state index contributed by atoms with van der Waals surface area (Å²) < 4.78 is 22.0. The van der Waals surface area contributed by atoms with Gasteiger partial charge >= 0.3 is 11.9 Å². The van der Waals surface area contributed by atoms with Crippen molar-refractivity contribution in [2.24, 2.45) is 0 Å². The summed E-state index contributed by atoms with van der Waals surface area (Å²) in [6, 6.07) is 5.63. The van der Waals surface area contributed by atoms with E-state index in [0.717, 1.165) is 11.8 Å². The number of carbonyl (C=O) groups excluding carboxylic acids is 4. The SMILES string of the molecule is C=C1CS(=O)[C@@H]2C(NC(=O)c3ccccc3C#N)C(=O)N2C1C(=O)OCOC(C)=O. The van der Waals surface area contributed by atoms with Crippen molar-refractivity contribution < 1.29 is 32.9 Å². The molecule has 30 heavy (non-hydrogen) atoms. The van der Waals surface area contributed by atoms with Crippen LogP contribution in [0.15, 0.2) is 36.4 Å². The Labute approximate surface area is 173 Å². The molecule has 0 aliphatic carbocycles. The molecule has 1 aromatic carbocycles. The fourth-order valence-electron chi connectivity index (χ4n) is 3.24. The monoisotopic (exact) mass is 431 g/mol. The van der Waals surface area contributed by atoms with Crippen molar-refractivity contribution in [3.05, 3.63) is 47.5 Å². The maximum atomic E-state index is 12.7. The summed E-state index contributed by atoms with van der Waals surface area (Å²) in [4.78, 5) is 49.5. The Morgan fingerprint density at radius 2 is 2.03 bits per heavy atom. The van der Waals surface area contributed by atoms with Gasteiger partial charge in [0.05, 0.1) is 28.0 Å². The predicted octanol–water partition coefficient (Wildman–Crippen LogP) is -0.424. The van der Waals surface area contributed by atoms with E-state index in [1.165, 1.54) is 12.1 Å². The number of benzene rings is 1. The van der Waals surface area contributed by atoms with Crippen LogP contribution in [0.25, 0.3) is 0 Å². The number of nitrogens with one attached hydrogen (secondary N) is 1. The number of rotatable bonds is 5. The molecule has 2 aliphatic heterocycles. The number of fused-ring (bicyclic) bond motifs is 1. The third-order valence-electron chi connectivity index (χ3n) is 4.61. The molecule has 2 aliphatic rings. The first-order valence-corrected chi connectivity index (χ1v) is 10.1. The lowest BCUT2D eigenvalue weighted by Crippen LogP contribution is -2.77. The molecule has 1 N–H and O–H groups in total. The number of nitriles is 1. The summed E-state index contributed by atoms with van der Waals surface area (Å²) in [7, 11) is -1.61. The maximum absolute atomic E-state index is 12.7. The Morgan fingerprint density at radius 3 is 2.70 bits per heavy atom. The smallest absolute Gasteiger partial charge is 0.336 e. The van der Waals surface area contributed by atoms with Crippen molar-refractivity contribution in [3.63, 3.8) is 0 Å². The first-order chi connectivity index (χ1) is 14.3. The minimum atomic E-state index is -1.61. The van der Waals surface area contributed by atoms with Crippen LogP contribution in [-0.4, -0.2) is 62.9 Å². The number of nitrogens with zero attached hydrogens (tertiary/aromatic N) is 2. The van der Waals surface area contributed by atoms with Crippen molar-refractivity contribution >= 4 is 34.6 Å². The minimum absolute atomic E-state index is 0.0665. The van der Waals surface area contributed by atoms with E-state index in [0.29, 0.717) is 0 Å². The van der Waals surface area contributed by atoms with Crippen LogP contribution in [0.5, 0.6) is 0 Å². The van der Waals surface area contributed by atoms with Gasteiger partial charge in [-0.3, -0.25) is 18.6 Å². The van der Waals surface area contributed by atoms with Crippen molar-refractivity contribution in [2.45, 2.75) is 24.4 Å². The third-order valence-corrected chi connectivity index (χ3v) is 6.30. The van der Waals surface area contributed by atoms with Crippen LogP contribution in [0.1, 0.15) is 22.8 Å². The fraction of sp³-hybridized carbons (Fsp3) is 0.316. The molecule has 0 saturated carbocycles. The van der Waals surface area contributed by atoms with Crippen LogP contribution < -0.4 is 5.32 Å². The molecule has 2 fully saturated rings. The van der Waals surface area contributed by atoms with Gasteiger partial charge in [0.25, 0.3) is 5.91 Å². The topological polar surface area (TPSA) is 143 Å². The molecule has 156 valence electrons. The van der Waals surface area contributed by atoms with Crippen LogP contribution in [0.4, 0.5) is 0 Å². The average molecular weight is 431 g/mol. The number of esters is 2. The van der Waals surface area contributed by atoms with E-state index in [-0.39, 0.29) is 22.5 Å². The number of amides is 2. The molecule has 2 heterocycles. The van der Waals surface area contributed by atoms with Crippen molar-refractivity contribution in [3.8, 4) is 6.07 Å². The summed E-state index contributed by atoms with van der Waals surface area (Å²) in [6.07, 6.45) is 0. The zero-order chi connectivity index (χ0) is 22.0. The standard InChI is InChI=1S/C19H17N3O7S/c1-10-8-30(27)18-14(21-16(24)13-6-4-3-5-12(13)7-20)17(25)22(18)15(10)19(26)29-9-28-11(2)23/h3-6,14-15,18H,1,8-9H2,2H3,(H,21,24)/t14?,15?,18-,30?/m1/s1. The van der Waals surface area contributed by atoms with Gasteiger partial charge in [-0.15, -0.1) is 0 Å². The normalized spacial score (nSPS) is 24.7. The molecule has 0 bridgehead atoms. The average Bonchev–Trinajstić information content (AvgIpc) is 2.71. The Bertz CT molecular complexity index is 1020. The highest BCUT2D eigenvalue weighted by Gasteiger charge is 2.59. The Morgan fingerprint density at radius 1 is 1.33 bits per heavy atom. The molecule has 10 nitrogen and oxygen atoms in total. The Kier molecular flexibility index (Phi) is 5.98. The zero-order valence-electron chi connectivity index (χ0n) is 15.8. The predicted molar refractivity (Wildman–Crippen MR) is 102 cm³/mol. The summed E-state index contributed by atoms with van der Waals surface area (Å²) in [5.41, 5.74) is 0.420. The highest BCUT2D eigenvalue weighted by Crippen LogP contribution is 2.34. The molecule has 0 radical (unpaired) electrons. The minimum Gasteiger partial charge on any atom is -0.428 e. The second kappa shape index (κ2) is 8.46. The van der Waals surface area contributed by atoms with E-state index < -0.39 is 58.8 Å². The molecule has 2 amide bonds. The number of hydrogen-bond donors (Lipinski definition) is 1. The Balaban J connectivity index is 1.75. The van der Waals surface area contributed by atoms with Crippen LogP contribution in [0.2, 0.25) is 0 Å². The van der Waals surface area contributed by atoms with E-state index in [1.54, 1.807) is 12.1 Å². The van der Waals surface area contributed by atoms with Gasteiger partial charge in [0.2, 0.25) is 12.7 Å². The van der Waals surface area contributed by atoms with E-state index in [1.807, 2.05) is 6.07 Å². The molecule has 11 heteroatoms. The third kappa shape index (κ3) is 3.81. The molecule has 4 atom stereocenters. The lowest BCUT2D eigenvalue weighted by atomic mass is 9.98. The quantitative estimate of drug-likeness (QED) is 0.286. The molecular formula is C19H17N3O7S. The number of carbonyl (C=O) groups is 4. The van der Waals surface area contributed by atoms with Gasteiger partial charge in [-0.25, -0.2) is 4.79 Å². The summed E-state index contributed by atoms with van der Waals surface area (Å²) in [5.74, 6) is -2.89. The van der Waals surface area contributed by atoms with Crippen LogP contribution in [0, 0.1) is 11.3 Å². The second-order valence-corrected chi connectivity index (χ2v) is 8.08. The molecule has 0 spiro atoms. The van der Waals surface area contributed by atoms with Crippen LogP contribution >= 0.6 is 0 Å². The summed E-state index contributed by atoms with van der Waals surface area (Å²) >= 11 is 0. The van der Waals surface area contributed by atoms with E-state index in [4.69, 9.17) is 10.00 Å². The van der Waals surface area contributed by atoms with Crippen molar-refractivity contribution in [2.75, 3.05) is 12.5 Å². The van der Waals surface area contributed by atoms with Gasteiger partial charge < -0.3 is 19.7 Å². The first kappa shape index (κ1) is 21.2. The molecule has 1 aromatic rings. The van der Waals surface area contributed by atoms with Gasteiger partial charge in [-0.1, -0.05) is 18.7 Å². The lowest BCUT2D eigenvalue weighted by Gasteiger charge is -2.52. The van der Waals surface area contributed by atoms with Crippen molar-refractivity contribution in [1.82, 2.24) is 10.2 Å². The number of β-lactam (4-membered cyclic amide) rings is 1. The molecule has 3 unspecified atom stereocenters. The van der Waals surface area contributed by atoms with E-state index in [2.05, 4.69) is 16.6 Å². The van der Waals surface area contributed by atoms with Gasteiger partial charge in [0.1, 0.15) is 11.4 Å². The van der Waals surface area contributed by atoms with Gasteiger partial charge in [-0.2, -0.15) is 5.26 Å². The fourth-order valence-corrected chi connectivity index (χ4v) is 4.90. The van der Waals surface area contributed by atoms with Crippen LogP contribution in [0.3, 0.4) is 0 Å². The Hall–Kier alpha value is -3.52. The highest BCUT2D eigenvalue weighted by atomic mass is 32.2. The van der Waals surface area contributed by atoms with Crippen molar-refractivity contribution in [1.29, 1.82) is 5.26 Å². The van der Waals surface area contributed by atoms with E-state index >= 15 is 0 Å². The first-order valence-electron chi connectivity index (χ1n) is 8.73. The summed E-state index contributed by atoms with van der Waals surface area (Å²) in [6.45, 7) is 4.22. The number of hydrogen-bond acceptors (Lipinski definition) is 8. The second-order valence-electron chi connectivity index (χ2n) is 6.55. The number of ether oxygens (including phenoxy) is 2. The summed E-state index contributed by atoms with van der Waals surface area (Å²) in [5, 5.41) is 10.7. The maximum Gasteiger partial charge on any atom is 0.336 e. The molecule has 2 saturated heterocycles. The van der Waals surface area contributed by atoms with Crippen LogP contribution in [-0.2, 0) is 34.7 Å². The molecule has 3 rings (SSSR count). The van der Waals surface area contributed by atoms with E-state index in [9.17, 15) is 23.4 Å². The molecule has 0 aromatic heterocycles. The highest BCUT2D eigenvalue weighted by molar-refractivity contribution is 7.86. The largest absolute Gasteiger partial charge is 0.428 e. The van der Waals surface area contributed by atoms with Gasteiger partial charge in [0, 0.05) is 12.7 Å². The lowest BCUT2D eigenvalue weighted by molar-refractivity contribution is -0.174. The van der Waals surface area contributed by atoms with Gasteiger partial charge in [0.15, 0.2) is 6.04 Å². The zero-order valence-corrected chi connectivity index (χ0v) is 16.6. The van der Waals surface area contributed by atoms with Gasteiger partial charge in [-0.05, 0) is 17.7 Å².